The predicted molar refractivity (Wildman–Crippen MR) is 91.7 cm³/mol. The van der Waals surface area contributed by atoms with Crippen LogP contribution in [0.5, 0.6) is 0 Å². The molecule has 4 nitrogen and oxygen atoms in total. The van der Waals surface area contributed by atoms with E-state index in [1.54, 1.807) is 25.2 Å². The van der Waals surface area contributed by atoms with Crippen LogP contribution in [-0.2, 0) is 11.3 Å². The summed E-state index contributed by atoms with van der Waals surface area (Å²) in [6, 6.07) is 10.4. The minimum Gasteiger partial charge on any atom is -0.343 e. The second-order valence-electron chi connectivity index (χ2n) is 5.18. The number of carbonyl (C=O) groups excluding carboxylic acids is 2. The molecule has 2 aromatic carbocycles. The van der Waals surface area contributed by atoms with Gasteiger partial charge in [0.25, 0.3) is 5.91 Å². The molecule has 2 amide bonds. The van der Waals surface area contributed by atoms with Gasteiger partial charge in [0.2, 0.25) is 5.91 Å². The van der Waals surface area contributed by atoms with Gasteiger partial charge in [0.1, 0.15) is 5.82 Å². The first-order chi connectivity index (χ1) is 11.4. The lowest BCUT2D eigenvalue weighted by Crippen LogP contribution is -2.37. The zero-order valence-corrected chi connectivity index (χ0v) is 14.4. The first-order valence-electron chi connectivity index (χ1n) is 7.08. The van der Waals surface area contributed by atoms with Gasteiger partial charge in [0.05, 0.1) is 17.1 Å². The number of likely N-dealkylation sites (N-methyl/N-ethyl adjacent to an activating group) is 1. The fraction of sp³-hybridized carbons (Fsp3) is 0.176. The minimum atomic E-state index is -0.458. The van der Waals surface area contributed by atoms with E-state index in [-0.39, 0.29) is 28.9 Å². The third-order valence-corrected chi connectivity index (χ3v) is 3.88. The van der Waals surface area contributed by atoms with Gasteiger partial charge in [-0.1, -0.05) is 35.3 Å². The maximum atomic E-state index is 12.9. The zero-order valence-electron chi connectivity index (χ0n) is 12.9. The molecule has 7 heteroatoms. The molecule has 0 atom stereocenters. The van der Waals surface area contributed by atoms with Gasteiger partial charge in [-0.25, -0.2) is 4.39 Å². The molecule has 0 aliphatic carbocycles. The molecule has 0 aliphatic heterocycles. The lowest BCUT2D eigenvalue weighted by atomic mass is 10.2. The van der Waals surface area contributed by atoms with Crippen molar-refractivity contribution in [3.63, 3.8) is 0 Å². The van der Waals surface area contributed by atoms with Crippen LogP contribution in [0.25, 0.3) is 0 Å². The van der Waals surface area contributed by atoms with Crippen LogP contribution in [0.1, 0.15) is 15.9 Å². The lowest BCUT2D eigenvalue weighted by molar-refractivity contribution is -0.129. The third-order valence-electron chi connectivity index (χ3n) is 3.33. The van der Waals surface area contributed by atoms with Gasteiger partial charge >= 0.3 is 0 Å². The summed E-state index contributed by atoms with van der Waals surface area (Å²) in [6.07, 6.45) is 0. The third kappa shape index (κ3) is 4.94. The largest absolute Gasteiger partial charge is 0.343 e. The van der Waals surface area contributed by atoms with Crippen molar-refractivity contribution >= 4 is 35.0 Å². The van der Waals surface area contributed by atoms with Gasteiger partial charge in [-0.05, 0) is 35.9 Å². The van der Waals surface area contributed by atoms with Crippen molar-refractivity contribution in [3.8, 4) is 0 Å². The SMILES string of the molecule is CN(Cc1ccc(F)cc1)C(=O)CNC(=O)c1ccc(Cl)cc1Cl. The molecule has 0 aromatic heterocycles. The van der Waals surface area contributed by atoms with Crippen molar-refractivity contribution in [2.45, 2.75) is 6.54 Å². The highest BCUT2D eigenvalue weighted by atomic mass is 35.5. The van der Waals surface area contributed by atoms with E-state index in [9.17, 15) is 14.0 Å². The molecule has 0 radical (unpaired) electrons. The Morgan fingerprint density at radius 1 is 1.12 bits per heavy atom. The number of carbonyl (C=O) groups is 2. The number of amides is 2. The molecule has 126 valence electrons. The second kappa shape index (κ2) is 8.13. The summed E-state index contributed by atoms with van der Waals surface area (Å²) in [5.74, 6) is -1.07. The van der Waals surface area contributed by atoms with Crippen LogP contribution in [-0.4, -0.2) is 30.3 Å². The van der Waals surface area contributed by atoms with E-state index in [1.807, 2.05) is 0 Å². The molecule has 0 saturated carbocycles. The minimum absolute atomic E-state index is 0.171. The summed E-state index contributed by atoms with van der Waals surface area (Å²) in [6.45, 7) is 0.145. The Morgan fingerprint density at radius 2 is 1.79 bits per heavy atom. The Kier molecular flexibility index (Phi) is 6.17. The maximum Gasteiger partial charge on any atom is 0.253 e. The lowest BCUT2D eigenvalue weighted by Gasteiger charge is -2.17. The molecule has 0 heterocycles. The summed E-state index contributed by atoms with van der Waals surface area (Å²) in [5.41, 5.74) is 1.04. The van der Waals surface area contributed by atoms with Crippen molar-refractivity contribution in [1.29, 1.82) is 0 Å². The van der Waals surface area contributed by atoms with Crippen LogP contribution in [0.2, 0.25) is 10.0 Å². The highest BCUT2D eigenvalue weighted by Crippen LogP contribution is 2.20. The van der Waals surface area contributed by atoms with Crippen molar-refractivity contribution < 1.29 is 14.0 Å². The molecule has 24 heavy (non-hydrogen) atoms. The van der Waals surface area contributed by atoms with Gasteiger partial charge in [0, 0.05) is 18.6 Å². The van der Waals surface area contributed by atoms with E-state index in [0.29, 0.717) is 11.6 Å². The van der Waals surface area contributed by atoms with Gasteiger partial charge in [-0.3, -0.25) is 9.59 Å². The average molecular weight is 369 g/mol. The Labute approximate surface area is 149 Å². The van der Waals surface area contributed by atoms with E-state index in [4.69, 9.17) is 23.2 Å². The highest BCUT2D eigenvalue weighted by molar-refractivity contribution is 6.36. The number of benzene rings is 2. The molecular formula is C17H15Cl2FN2O2. The summed E-state index contributed by atoms with van der Waals surface area (Å²) < 4.78 is 12.9. The normalized spacial score (nSPS) is 10.3. The van der Waals surface area contributed by atoms with E-state index < -0.39 is 5.91 Å². The van der Waals surface area contributed by atoms with Gasteiger partial charge in [-0.2, -0.15) is 0 Å². The van der Waals surface area contributed by atoms with Crippen molar-refractivity contribution in [1.82, 2.24) is 10.2 Å². The molecule has 2 rings (SSSR count). The molecule has 2 aromatic rings. The number of halogens is 3. The number of nitrogens with zero attached hydrogens (tertiary/aromatic N) is 1. The summed E-state index contributed by atoms with van der Waals surface area (Å²) in [7, 11) is 1.60. The molecule has 0 bridgehead atoms. The van der Waals surface area contributed by atoms with Crippen LogP contribution >= 0.6 is 23.2 Å². The Balaban J connectivity index is 1.89. The Bertz CT molecular complexity index is 751. The molecule has 0 unspecified atom stereocenters. The zero-order chi connectivity index (χ0) is 17.7. The molecule has 0 aliphatic rings. The number of hydrogen-bond donors (Lipinski definition) is 1. The first kappa shape index (κ1) is 18.2. The van der Waals surface area contributed by atoms with E-state index in [2.05, 4.69) is 5.32 Å². The smallest absolute Gasteiger partial charge is 0.253 e. The topological polar surface area (TPSA) is 49.4 Å². The van der Waals surface area contributed by atoms with Crippen LogP contribution in [0.3, 0.4) is 0 Å². The van der Waals surface area contributed by atoms with Crippen LogP contribution in [0, 0.1) is 5.82 Å². The molecule has 1 N–H and O–H groups in total. The Morgan fingerprint density at radius 3 is 2.42 bits per heavy atom. The number of hydrogen-bond acceptors (Lipinski definition) is 2. The average Bonchev–Trinajstić information content (AvgIpc) is 2.54. The molecule has 0 fully saturated rings. The van der Waals surface area contributed by atoms with E-state index >= 15 is 0 Å². The summed E-state index contributed by atoms with van der Waals surface area (Å²) in [4.78, 5) is 25.6. The monoisotopic (exact) mass is 368 g/mol. The van der Waals surface area contributed by atoms with Crippen molar-refractivity contribution in [2.24, 2.45) is 0 Å². The number of nitrogens with one attached hydrogen (secondary N) is 1. The molecular weight excluding hydrogens is 354 g/mol. The first-order valence-corrected chi connectivity index (χ1v) is 7.84. The highest BCUT2D eigenvalue weighted by Gasteiger charge is 2.14. The maximum absolute atomic E-state index is 12.9. The summed E-state index contributed by atoms with van der Waals surface area (Å²) >= 11 is 11.7. The molecule has 0 spiro atoms. The number of rotatable bonds is 5. The van der Waals surface area contributed by atoms with E-state index in [1.165, 1.54) is 29.2 Å². The molecule has 0 saturated heterocycles. The van der Waals surface area contributed by atoms with Gasteiger partial charge in [0.15, 0.2) is 0 Å². The fourth-order valence-electron chi connectivity index (χ4n) is 2.01. The van der Waals surface area contributed by atoms with Crippen LogP contribution in [0.4, 0.5) is 4.39 Å². The van der Waals surface area contributed by atoms with Gasteiger partial charge in [-0.15, -0.1) is 0 Å². The van der Waals surface area contributed by atoms with Crippen molar-refractivity contribution in [3.05, 3.63) is 69.5 Å². The Hall–Kier alpha value is -2.11. The second-order valence-corrected chi connectivity index (χ2v) is 6.03. The predicted octanol–water partition coefficient (Wildman–Crippen LogP) is 3.52. The summed E-state index contributed by atoms with van der Waals surface area (Å²) in [5, 5.41) is 3.15. The van der Waals surface area contributed by atoms with Crippen molar-refractivity contribution in [2.75, 3.05) is 13.6 Å². The van der Waals surface area contributed by atoms with E-state index in [0.717, 1.165) is 5.56 Å². The quantitative estimate of drug-likeness (QED) is 0.877. The standard InChI is InChI=1S/C17H15Cl2FN2O2/c1-22(10-11-2-5-13(20)6-3-11)16(23)9-21-17(24)14-7-4-12(18)8-15(14)19/h2-8H,9-10H2,1H3,(H,21,24). The van der Waals surface area contributed by atoms with Crippen LogP contribution < -0.4 is 5.32 Å². The van der Waals surface area contributed by atoms with Crippen LogP contribution in [0.15, 0.2) is 42.5 Å². The fourth-order valence-corrected chi connectivity index (χ4v) is 2.51. The van der Waals surface area contributed by atoms with Gasteiger partial charge < -0.3 is 10.2 Å².